The minimum Gasteiger partial charge on any atom is -0.497 e. The van der Waals surface area contributed by atoms with Gasteiger partial charge < -0.3 is 10.1 Å². The van der Waals surface area contributed by atoms with Gasteiger partial charge in [0.25, 0.3) is 0 Å². The van der Waals surface area contributed by atoms with E-state index in [0.717, 1.165) is 28.9 Å². The third-order valence-electron chi connectivity index (χ3n) is 2.65. The van der Waals surface area contributed by atoms with Crippen molar-refractivity contribution in [1.82, 2.24) is 4.98 Å². The van der Waals surface area contributed by atoms with Crippen LogP contribution in [-0.2, 0) is 0 Å². The molecule has 90 valence electrons. The number of ether oxygens (including phenoxy) is 1. The molecule has 1 aromatic carbocycles. The molecule has 2 aromatic rings. The van der Waals surface area contributed by atoms with Crippen LogP contribution in [0.4, 0.5) is 5.82 Å². The van der Waals surface area contributed by atoms with Crippen LogP contribution in [0.5, 0.6) is 5.75 Å². The molecule has 0 saturated carbocycles. The Hall–Kier alpha value is -1.77. The van der Waals surface area contributed by atoms with Crippen molar-refractivity contribution in [3.63, 3.8) is 0 Å². The second-order valence-electron chi connectivity index (χ2n) is 4.52. The Bertz CT molecular complexity index is 509. The van der Waals surface area contributed by atoms with E-state index >= 15 is 0 Å². The molecule has 0 spiro atoms. The van der Waals surface area contributed by atoms with Gasteiger partial charge in [-0.1, -0.05) is 13.8 Å². The topological polar surface area (TPSA) is 34.1 Å². The average Bonchev–Trinajstić information content (AvgIpc) is 2.35. The summed E-state index contributed by atoms with van der Waals surface area (Å²) in [4.78, 5) is 4.38. The number of fused-ring (bicyclic) bond motifs is 1. The van der Waals surface area contributed by atoms with Crippen molar-refractivity contribution in [2.45, 2.75) is 13.8 Å². The van der Waals surface area contributed by atoms with Gasteiger partial charge in [0.1, 0.15) is 11.6 Å². The van der Waals surface area contributed by atoms with Gasteiger partial charge in [-0.25, -0.2) is 4.98 Å². The molecule has 1 heterocycles. The zero-order valence-electron chi connectivity index (χ0n) is 10.5. The fraction of sp³-hybridized carbons (Fsp3) is 0.357. The van der Waals surface area contributed by atoms with Gasteiger partial charge in [-0.05, 0) is 35.6 Å². The Kier molecular flexibility index (Phi) is 3.47. The van der Waals surface area contributed by atoms with E-state index in [1.54, 1.807) is 7.11 Å². The monoisotopic (exact) mass is 230 g/mol. The number of anilines is 1. The van der Waals surface area contributed by atoms with E-state index in [0.29, 0.717) is 5.92 Å². The molecule has 1 N–H and O–H groups in total. The van der Waals surface area contributed by atoms with Gasteiger partial charge in [0, 0.05) is 18.1 Å². The van der Waals surface area contributed by atoms with Crippen molar-refractivity contribution in [3.8, 4) is 5.75 Å². The number of hydrogen-bond donors (Lipinski definition) is 1. The lowest BCUT2D eigenvalue weighted by molar-refractivity contribution is 0.415. The van der Waals surface area contributed by atoms with Gasteiger partial charge >= 0.3 is 0 Å². The smallest absolute Gasteiger partial charge is 0.133 e. The second kappa shape index (κ2) is 5.04. The predicted octanol–water partition coefficient (Wildman–Crippen LogP) is 3.31. The fourth-order valence-electron chi connectivity index (χ4n) is 1.72. The Balaban J connectivity index is 2.36. The lowest BCUT2D eigenvalue weighted by Gasteiger charge is -2.11. The van der Waals surface area contributed by atoms with Crippen LogP contribution in [0.3, 0.4) is 0 Å². The van der Waals surface area contributed by atoms with Crippen molar-refractivity contribution >= 4 is 16.6 Å². The summed E-state index contributed by atoms with van der Waals surface area (Å²) in [5.74, 6) is 2.42. The first-order valence-electron chi connectivity index (χ1n) is 5.87. The van der Waals surface area contributed by atoms with Crippen molar-refractivity contribution in [3.05, 3.63) is 30.5 Å². The zero-order valence-corrected chi connectivity index (χ0v) is 10.5. The lowest BCUT2D eigenvalue weighted by Crippen LogP contribution is -2.09. The van der Waals surface area contributed by atoms with Gasteiger partial charge in [0.2, 0.25) is 0 Å². The predicted molar refractivity (Wildman–Crippen MR) is 71.6 cm³/mol. The number of rotatable bonds is 4. The standard InChI is InChI=1S/C14H18N2O/c1-10(2)9-16-14-13-5-4-12(17-3)8-11(13)6-7-15-14/h4-8,10H,9H2,1-3H3,(H,15,16). The maximum Gasteiger partial charge on any atom is 0.133 e. The number of benzene rings is 1. The molecule has 0 saturated heterocycles. The van der Waals surface area contributed by atoms with E-state index in [4.69, 9.17) is 4.74 Å². The highest BCUT2D eigenvalue weighted by atomic mass is 16.5. The first-order valence-corrected chi connectivity index (χ1v) is 5.87. The maximum atomic E-state index is 5.22. The zero-order chi connectivity index (χ0) is 12.3. The Labute approximate surface area is 102 Å². The molecule has 0 amide bonds. The lowest BCUT2D eigenvalue weighted by atomic mass is 10.1. The van der Waals surface area contributed by atoms with E-state index in [-0.39, 0.29) is 0 Å². The molecule has 0 atom stereocenters. The van der Waals surface area contributed by atoms with Crippen LogP contribution in [-0.4, -0.2) is 18.6 Å². The van der Waals surface area contributed by atoms with E-state index in [1.807, 2.05) is 30.5 Å². The summed E-state index contributed by atoms with van der Waals surface area (Å²) in [6.45, 7) is 5.29. The van der Waals surface area contributed by atoms with E-state index in [9.17, 15) is 0 Å². The molecule has 0 radical (unpaired) electrons. The molecule has 0 aliphatic carbocycles. The fourth-order valence-corrected chi connectivity index (χ4v) is 1.72. The first-order chi connectivity index (χ1) is 8.20. The summed E-state index contributed by atoms with van der Waals surface area (Å²) in [5, 5.41) is 5.65. The quantitative estimate of drug-likeness (QED) is 0.875. The van der Waals surface area contributed by atoms with Gasteiger partial charge in [-0.15, -0.1) is 0 Å². The van der Waals surface area contributed by atoms with Crippen molar-refractivity contribution in [2.75, 3.05) is 19.0 Å². The Morgan fingerprint density at radius 3 is 2.82 bits per heavy atom. The maximum absolute atomic E-state index is 5.22. The van der Waals surface area contributed by atoms with Crippen LogP contribution < -0.4 is 10.1 Å². The third-order valence-corrected chi connectivity index (χ3v) is 2.65. The minimum absolute atomic E-state index is 0.602. The van der Waals surface area contributed by atoms with E-state index in [2.05, 4.69) is 24.1 Å². The second-order valence-corrected chi connectivity index (χ2v) is 4.52. The highest BCUT2D eigenvalue weighted by molar-refractivity contribution is 5.92. The van der Waals surface area contributed by atoms with Crippen LogP contribution in [0.1, 0.15) is 13.8 Å². The summed E-state index contributed by atoms with van der Waals surface area (Å²) >= 11 is 0. The Morgan fingerprint density at radius 2 is 2.12 bits per heavy atom. The number of methoxy groups -OCH3 is 1. The van der Waals surface area contributed by atoms with Crippen LogP contribution in [0.15, 0.2) is 30.5 Å². The highest BCUT2D eigenvalue weighted by Crippen LogP contribution is 2.25. The van der Waals surface area contributed by atoms with E-state index in [1.165, 1.54) is 0 Å². The van der Waals surface area contributed by atoms with Gasteiger partial charge in [0.15, 0.2) is 0 Å². The summed E-state index contributed by atoms with van der Waals surface area (Å²) in [6.07, 6.45) is 1.82. The van der Waals surface area contributed by atoms with Crippen LogP contribution in [0.2, 0.25) is 0 Å². The van der Waals surface area contributed by atoms with Crippen LogP contribution in [0.25, 0.3) is 10.8 Å². The van der Waals surface area contributed by atoms with Gasteiger partial charge in [-0.2, -0.15) is 0 Å². The molecule has 0 aliphatic rings. The summed E-state index contributed by atoms with van der Waals surface area (Å²) < 4.78 is 5.22. The molecule has 0 aliphatic heterocycles. The molecular formula is C14H18N2O. The molecule has 0 unspecified atom stereocenters. The van der Waals surface area contributed by atoms with Crippen molar-refractivity contribution in [1.29, 1.82) is 0 Å². The number of hydrogen-bond acceptors (Lipinski definition) is 3. The normalized spacial score (nSPS) is 10.8. The number of nitrogens with one attached hydrogen (secondary N) is 1. The Morgan fingerprint density at radius 1 is 1.29 bits per heavy atom. The van der Waals surface area contributed by atoms with Crippen LogP contribution in [0, 0.1) is 5.92 Å². The number of aromatic nitrogens is 1. The molecule has 0 fully saturated rings. The summed E-state index contributed by atoms with van der Waals surface area (Å²) in [5.41, 5.74) is 0. The minimum atomic E-state index is 0.602. The highest BCUT2D eigenvalue weighted by Gasteiger charge is 2.03. The first kappa shape index (κ1) is 11.7. The molecule has 17 heavy (non-hydrogen) atoms. The largest absolute Gasteiger partial charge is 0.497 e. The molecule has 2 rings (SSSR count). The van der Waals surface area contributed by atoms with Gasteiger partial charge in [-0.3, -0.25) is 0 Å². The van der Waals surface area contributed by atoms with Gasteiger partial charge in [0.05, 0.1) is 7.11 Å². The summed E-state index contributed by atoms with van der Waals surface area (Å²) in [7, 11) is 1.68. The van der Waals surface area contributed by atoms with Crippen molar-refractivity contribution in [2.24, 2.45) is 5.92 Å². The molecule has 1 aromatic heterocycles. The average molecular weight is 230 g/mol. The van der Waals surface area contributed by atoms with Crippen LogP contribution >= 0.6 is 0 Å². The molecule has 0 bridgehead atoms. The summed E-state index contributed by atoms with van der Waals surface area (Å²) in [6, 6.07) is 8.03. The van der Waals surface area contributed by atoms with E-state index < -0.39 is 0 Å². The number of pyridine rings is 1. The third kappa shape index (κ3) is 2.67. The number of nitrogens with zero attached hydrogens (tertiary/aromatic N) is 1. The van der Waals surface area contributed by atoms with Crippen molar-refractivity contribution < 1.29 is 4.74 Å². The molecule has 3 nitrogen and oxygen atoms in total. The molecular weight excluding hydrogens is 212 g/mol. The molecule has 3 heteroatoms. The SMILES string of the molecule is COc1ccc2c(NCC(C)C)nccc2c1.